The quantitative estimate of drug-likeness (QED) is 0.129. The molecule has 0 atom stereocenters. The standard InChI is InChI=1S/C28H16F4N2O4S/c29-23-12-6-16(14-22(23)28(30,31)32)24-13-11-20(38-24)15-21-25(35)33-27(39)34(26(21)36)17-7-9-19(10-8-17)37-18-4-2-1-3-5-18/h1-15H,(H,33,35,39). The van der Waals surface area contributed by atoms with E-state index in [0.717, 1.165) is 17.0 Å². The van der Waals surface area contributed by atoms with Gasteiger partial charge in [0.1, 0.15) is 34.4 Å². The Balaban J connectivity index is 1.39. The molecule has 5 rings (SSSR count). The summed E-state index contributed by atoms with van der Waals surface area (Å²) in [5, 5.41) is 2.31. The van der Waals surface area contributed by atoms with E-state index in [-0.39, 0.29) is 27.8 Å². The van der Waals surface area contributed by atoms with Crippen LogP contribution in [0.4, 0.5) is 23.2 Å². The summed E-state index contributed by atoms with van der Waals surface area (Å²) >= 11 is 5.21. The number of nitrogens with one attached hydrogen (secondary N) is 1. The first-order chi connectivity index (χ1) is 18.6. The fourth-order valence-corrected chi connectivity index (χ4v) is 4.08. The molecule has 196 valence electrons. The van der Waals surface area contributed by atoms with Crippen molar-refractivity contribution in [1.82, 2.24) is 5.32 Å². The molecule has 1 N–H and O–H groups in total. The third-order valence-corrected chi connectivity index (χ3v) is 5.93. The number of rotatable bonds is 5. The average Bonchev–Trinajstić information content (AvgIpc) is 3.36. The molecule has 11 heteroatoms. The molecule has 0 bridgehead atoms. The molecule has 2 heterocycles. The molecule has 1 saturated heterocycles. The van der Waals surface area contributed by atoms with Crippen LogP contribution in [0, 0.1) is 5.82 Å². The van der Waals surface area contributed by atoms with Crippen LogP contribution in [-0.4, -0.2) is 16.9 Å². The Morgan fingerprint density at radius 1 is 0.897 bits per heavy atom. The second kappa shape index (κ2) is 10.2. The Bertz CT molecular complexity index is 1610. The molecule has 3 aromatic carbocycles. The van der Waals surface area contributed by atoms with Gasteiger partial charge in [0, 0.05) is 5.56 Å². The molecule has 6 nitrogen and oxygen atoms in total. The van der Waals surface area contributed by atoms with Gasteiger partial charge in [-0.1, -0.05) is 18.2 Å². The fourth-order valence-electron chi connectivity index (χ4n) is 3.80. The van der Waals surface area contributed by atoms with E-state index in [1.54, 1.807) is 36.4 Å². The number of amides is 2. The first-order valence-corrected chi connectivity index (χ1v) is 11.7. The van der Waals surface area contributed by atoms with Gasteiger partial charge in [-0.15, -0.1) is 0 Å². The first kappa shape index (κ1) is 25.9. The molecule has 2 amide bonds. The summed E-state index contributed by atoms with van der Waals surface area (Å²) in [6.45, 7) is 0. The summed E-state index contributed by atoms with van der Waals surface area (Å²) in [7, 11) is 0. The number of anilines is 1. The summed E-state index contributed by atoms with van der Waals surface area (Å²) in [4.78, 5) is 27.0. The predicted octanol–water partition coefficient (Wildman–Crippen LogP) is 6.73. The lowest BCUT2D eigenvalue weighted by molar-refractivity contribution is -0.140. The lowest BCUT2D eigenvalue weighted by atomic mass is 10.1. The van der Waals surface area contributed by atoms with E-state index in [4.69, 9.17) is 21.4 Å². The number of alkyl halides is 3. The average molecular weight is 553 g/mol. The number of para-hydroxylation sites is 1. The van der Waals surface area contributed by atoms with Crippen molar-refractivity contribution in [3.63, 3.8) is 0 Å². The molecule has 0 saturated carbocycles. The predicted molar refractivity (Wildman–Crippen MR) is 138 cm³/mol. The highest BCUT2D eigenvalue weighted by Gasteiger charge is 2.36. The van der Waals surface area contributed by atoms with Crippen LogP contribution < -0.4 is 15.0 Å². The topological polar surface area (TPSA) is 71.8 Å². The van der Waals surface area contributed by atoms with E-state index in [9.17, 15) is 27.2 Å². The number of carbonyl (C=O) groups excluding carboxylic acids is 2. The van der Waals surface area contributed by atoms with Gasteiger partial charge in [0.25, 0.3) is 11.8 Å². The third kappa shape index (κ3) is 5.43. The van der Waals surface area contributed by atoms with Gasteiger partial charge < -0.3 is 9.15 Å². The number of hydrogen-bond acceptors (Lipinski definition) is 5. The van der Waals surface area contributed by atoms with Crippen molar-refractivity contribution in [2.75, 3.05) is 4.90 Å². The molecule has 1 aliphatic heterocycles. The highest BCUT2D eigenvalue weighted by atomic mass is 32.1. The molecule has 4 aromatic rings. The van der Waals surface area contributed by atoms with Crippen molar-refractivity contribution in [3.05, 3.63) is 108 Å². The maximum absolute atomic E-state index is 13.6. The Kier molecular flexibility index (Phi) is 6.75. The number of carbonyl (C=O) groups is 2. The van der Waals surface area contributed by atoms with Crippen LogP contribution in [0.1, 0.15) is 11.3 Å². The minimum Gasteiger partial charge on any atom is -0.457 e. The minimum atomic E-state index is -4.89. The largest absolute Gasteiger partial charge is 0.457 e. The van der Waals surface area contributed by atoms with E-state index < -0.39 is 29.4 Å². The third-order valence-electron chi connectivity index (χ3n) is 5.65. The van der Waals surface area contributed by atoms with Crippen LogP contribution in [0.5, 0.6) is 11.5 Å². The second-order valence-corrected chi connectivity index (χ2v) is 8.65. The number of furan rings is 1. The van der Waals surface area contributed by atoms with Gasteiger partial charge in [-0.05, 0) is 85.0 Å². The minimum absolute atomic E-state index is 0.0146. The van der Waals surface area contributed by atoms with E-state index in [0.29, 0.717) is 29.3 Å². The highest BCUT2D eigenvalue weighted by molar-refractivity contribution is 7.80. The molecular formula is C28H16F4N2O4S. The number of nitrogens with zero attached hydrogens (tertiary/aromatic N) is 1. The van der Waals surface area contributed by atoms with E-state index in [1.807, 2.05) is 18.2 Å². The molecule has 0 spiro atoms. The van der Waals surface area contributed by atoms with Gasteiger partial charge in [-0.25, -0.2) is 4.39 Å². The number of thiocarbonyl (C=S) groups is 1. The van der Waals surface area contributed by atoms with E-state index in [2.05, 4.69) is 5.32 Å². The lowest BCUT2D eigenvalue weighted by Crippen LogP contribution is -2.54. The zero-order chi connectivity index (χ0) is 27.7. The summed E-state index contributed by atoms with van der Waals surface area (Å²) in [6, 6.07) is 20.7. The van der Waals surface area contributed by atoms with Gasteiger partial charge in [-0.2, -0.15) is 13.2 Å². The molecule has 0 aliphatic carbocycles. The molecule has 1 fully saturated rings. The molecular weight excluding hydrogens is 536 g/mol. The van der Waals surface area contributed by atoms with Crippen LogP contribution in [-0.2, 0) is 15.8 Å². The van der Waals surface area contributed by atoms with Crippen molar-refractivity contribution in [2.24, 2.45) is 0 Å². The van der Waals surface area contributed by atoms with Crippen LogP contribution in [0.2, 0.25) is 0 Å². The van der Waals surface area contributed by atoms with Gasteiger partial charge >= 0.3 is 6.18 Å². The molecule has 1 aromatic heterocycles. The molecule has 39 heavy (non-hydrogen) atoms. The van der Waals surface area contributed by atoms with Gasteiger partial charge in [0.05, 0.1) is 11.3 Å². The SMILES string of the molecule is O=C1NC(=S)N(c2ccc(Oc3ccccc3)cc2)C(=O)C1=Cc1ccc(-c2ccc(F)c(C(F)(F)F)c2)o1. The van der Waals surface area contributed by atoms with Crippen molar-refractivity contribution in [2.45, 2.75) is 6.18 Å². The second-order valence-electron chi connectivity index (χ2n) is 8.26. The van der Waals surface area contributed by atoms with E-state index >= 15 is 0 Å². The Labute approximate surface area is 224 Å². The van der Waals surface area contributed by atoms with Crippen molar-refractivity contribution < 1.29 is 36.3 Å². The molecule has 0 unspecified atom stereocenters. The van der Waals surface area contributed by atoms with Crippen LogP contribution >= 0.6 is 12.2 Å². The molecule has 1 aliphatic rings. The zero-order valence-electron chi connectivity index (χ0n) is 19.7. The normalized spacial score (nSPS) is 15.0. The Hall–Kier alpha value is -4.77. The van der Waals surface area contributed by atoms with Crippen LogP contribution in [0.3, 0.4) is 0 Å². The fraction of sp³-hybridized carbons (Fsp3) is 0.0357. The smallest absolute Gasteiger partial charge is 0.419 e. The Morgan fingerprint density at radius 3 is 2.28 bits per heavy atom. The maximum atomic E-state index is 13.6. The Morgan fingerprint density at radius 2 is 1.59 bits per heavy atom. The first-order valence-electron chi connectivity index (χ1n) is 11.3. The number of benzene rings is 3. The number of hydrogen-bond donors (Lipinski definition) is 1. The zero-order valence-corrected chi connectivity index (χ0v) is 20.5. The van der Waals surface area contributed by atoms with Crippen molar-refractivity contribution in [3.8, 4) is 22.8 Å². The summed E-state index contributed by atoms with van der Waals surface area (Å²) in [6.07, 6.45) is -3.74. The van der Waals surface area contributed by atoms with Gasteiger partial charge in [0.15, 0.2) is 5.11 Å². The summed E-state index contributed by atoms with van der Waals surface area (Å²) in [5.74, 6) is -1.79. The van der Waals surface area contributed by atoms with Crippen molar-refractivity contribution >= 4 is 40.9 Å². The van der Waals surface area contributed by atoms with Crippen LogP contribution in [0.15, 0.2) is 94.9 Å². The van der Waals surface area contributed by atoms with E-state index in [1.165, 1.54) is 12.1 Å². The molecule has 0 radical (unpaired) electrons. The summed E-state index contributed by atoms with van der Waals surface area (Å²) < 4.78 is 64.2. The number of ether oxygens (including phenoxy) is 1. The van der Waals surface area contributed by atoms with Crippen LogP contribution in [0.25, 0.3) is 17.4 Å². The lowest BCUT2D eigenvalue weighted by Gasteiger charge is -2.28. The van der Waals surface area contributed by atoms with Gasteiger partial charge in [-0.3, -0.25) is 19.8 Å². The van der Waals surface area contributed by atoms with Gasteiger partial charge in [0.2, 0.25) is 0 Å². The summed E-state index contributed by atoms with van der Waals surface area (Å²) in [5.41, 5.74) is -1.43. The van der Waals surface area contributed by atoms with Crippen molar-refractivity contribution in [1.29, 1.82) is 0 Å². The monoisotopic (exact) mass is 552 g/mol. The maximum Gasteiger partial charge on any atom is 0.419 e. The number of halogens is 4. The highest BCUT2D eigenvalue weighted by Crippen LogP contribution is 2.35.